The van der Waals surface area contributed by atoms with E-state index in [0.29, 0.717) is 11.5 Å². The van der Waals surface area contributed by atoms with Gasteiger partial charge in [-0.3, -0.25) is 0 Å². The summed E-state index contributed by atoms with van der Waals surface area (Å²) >= 11 is 0. The van der Waals surface area contributed by atoms with Gasteiger partial charge in [0.25, 0.3) is 0 Å². The molecule has 0 aliphatic heterocycles. The second-order valence-corrected chi connectivity index (χ2v) is 5.78. The minimum absolute atomic E-state index is 0.475. The van der Waals surface area contributed by atoms with Crippen molar-refractivity contribution in [2.24, 2.45) is 5.41 Å². The topological polar surface area (TPSA) is 55.6 Å². The van der Waals surface area contributed by atoms with E-state index in [-0.39, 0.29) is 0 Å². The van der Waals surface area contributed by atoms with E-state index in [1.54, 1.807) is 11.0 Å². The number of anilines is 1. The third-order valence-corrected chi connectivity index (χ3v) is 4.26. The molecule has 2 aromatic rings. The summed E-state index contributed by atoms with van der Waals surface area (Å²) in [6.07, 6.45) is 4.26. The number of hydrogen-bond donors (Lipinski definition) is 1. The van der Waals surface area contributed by atoms with Crippen LogP contribution < -0.4 is 5.32 Å². The highest BCUT2D eigenvalue weighted by atomic mass is 15.5. The van der Waals surface area contributed by atoms with Gasteiger partial charge in [-0.05, 0) is 66.3 Å². The van der Waals surface area contributed by atoms with Crippen molar-refractivity contribution in [1.82, 2.24) is 20.2 Å². The molecule has 1 heterocycles. The van der Waals surface area contributed by atoms with E-state index in [1.165, 1.54) is 12.8 Å². The van der Waals surface area contributed by atoms with Crippen LogP contribution in [0, 0.1) is 12.3 Å². The minimum Gasteiger partial charge on any atom is -0.382 e. The van der Waals surface area contributed by atoms with Gasteiger partial charge in [0.05, 0.1) is 5.69 Å². The Bertz CT molecular complexity index is 572. The highest BCUT2D eigenvalue weighted by Crippen LogP contribution is 2.48. The van der Waals surface area contributed by atoms with Crippen molar-refractivity contribution in [3.8, 4) is 5.69 Å². The van der Waals surface area contributed by atoms with Crippen LogP contribution in [0.2, 0.25) is 0 Å². The van der Waals surface area contributed by atoms with Gasteiger partial charge in [-0.2, -0.15) is 0 Å². The minimum atomic E-state index is 0.475. The van der Waals surface area contributed by atoms with Gasteiger partial charge in [-0.15, -0.1) is 5.10 Å². The largest absolute Gasteiger partial charge is 0.382 e. The maximum absolute atomic E-state index is 3.92. The van der Waals surface area contributed by atoms with E-state index in [1.807, 2.05) is 0 Å². The van der Waals surface area contributed by atoms with Crippen molar-refractivity contribution in [1.29, 1.82) is 0 Å². The number of benzene rings is 1. The lowest BCUT2D eigenvalue weighted by molar-refractivity contribution is 0.493. The molecule has 0 radical (unpaired) electrons. The summed E-state index contributed by atoms with van der Waals surface area (Å²) in [4.78, 5) is 0. The molecule has 1 saturated carbocycles. The normalized spacial score (nSPS) is 18.1. The number of hydrogen-bond acceptors (Lipinski definition) is 4. The summed E-state index contributed by atoms with van der Waals surface area (Å²) in [6, 6.07) is 6.80. The zero-order chi connectivity index (χ0) is 13.5. The van der Waals surface area contributed by atoms with E-state index in [4.69, 9.17) is 0 Å². The van der Waals surface area contributed by atoms with Crippen LogP contribution in [0.15, 0.2) is 24.5 Å². The molecule has 0 bridgehead atoms. The zero-order valence-corrected chi connectivity index (χ0v) is 11.6. The van der Waals surface area contributed by atoms with Crippen LogP contribution in [0.3, 0.4) is 0 Å². The smallest absolute Gasteiger partial charge is 0.143 e. The van der Waals surface area contributed by atoms with Crippen molar-refractivity contribution >= 4 is 5.69 Å². The molecule has 1 aromatic carbocycles. The summed E-state index contributed by atoms with van der Waals surface area (Å²) < 4.78 is 1.69. The molecule has 1 fully saturated rings. The Kier molecular flexibility index (Phi) is 2.77. The first-order chi connectivity index (χ1) is 9.08. The SMILES string of the molecule is Cc1cc(NC(C)C2(C)CC2)ccc1-n1cnnn1. The van der Waals surface area contributed by atoms with Crippen LogP contribution in [0.25, 0.3) is 5.69 Å². The predicted octanol–water partition coefficient (Wildman–Crippen LogP) is 2.57. The van der Waals surface area contributed by atoms with Gasteiger partial charge in [0.1, 0.15) is 6.33 Å². The average molecular weight is 257 g/mol. The molecular weight excluding hydrogens is 238 g/mol. The van der Waals surface area contributed by atoms with Crippen molar-refractivity contribution in [3.05, 3.63) is 30.1 Å². The number of nitrogens with one attached hydrogen (secondary N) is 1. The van der Waals surface area contributed by atoms with Crippen LogP contribution in [0.1, 0.15) is 32.3 Å². The second-order valence-electron chi connectivity index (χ2n) is 5.78. The summed E-state index contributed by atoms with van der Waals surface area (Å²) in [5.41, 5.74) is 3.81. The highest BCUT2D eigenvalue weighted by molar-refractivity contribution is 5.54. The Morgan fingerprint density at radius 1 is 1.37 bits per heavy atom. The van der Waals surface area contributed by atoms with Gasteiger partial charge in [-0.25, -0.2) is 4.68 Å². The van der Waals surface area contributed by atoms with Gasteiger partial charge in [-0.1, -0.05) is 6.92 Å². The molecule has 19 heavy (non-hydrogen) atoms. The first-order valence-corrected chi connectivity index (χ1v) is 6.69. The number of aryl methyl sites for hydroxylation is 1. The van der Waals surface area contributed by atoms with Crippen molar-refractivity contribution < 1.29 is 0 Å². The lowest BCUT2D eigenvalue weighted by atomic mass is 10.0. The van der Waals surface area contributed by atoms with Crippen molar-refractivity contribution in [2.75, 3.05) is 5.32 Å². The maximum Gasteiger partial charge on any atom is 0.143 e. The van der Waals surface area contributed by atoms with E-state index >= 15 is 0 Å². The first kappa shape index (κ1) is 12.1. The van der Waals surface area contributed by atoms with Gasteiger partial charge in [0.2, 0.25) is 0 Å². The second kappa shape index (κ2) is 4.33. The van der Waals surface area contributed by atoms with Gasteiger partial charge in [0.15, 0.2) is 0 Å². The van der Waals surface area contributed by atoms with Crippen molar-refractivity contribution in [3.63, 3.8) is 0 Å². The number of nitrogens with zero attached hydrogens (tertiary/aromatic N) is 4. The molecule has 1 atom stereocenters. The van der Waals surface area contributed by atoms with E-state index in [9.17, 15) is 0 Å². The highest BCUT2D eigenvalue weighted by Gasteiger charge is 2.42. The summed E-state index contributed by atoms with van der Waals surface area (Å²) in [7, 11) is 0. The molecule has 1 aromatic heterocycles. The van der Waals surface area contributed by atoms with Gasteiger partial charge < -0.3 is 5.32 Å². The van der Waals surface area contributed by atoms with E-state index in [0.717, 1.165) is 16.9 Å². The third-order valence-electron chi connectivity index (χ3n) is 4.26. The molecular formula is C14H19N5. The predicted molar refractivity (Wildman–Crippen MR) is 74.3 cm³/mol. The van der Waals surface area contributed by atoms with Crippen LogP contribution in [0.5, 0.6) is 0 Å². The molecule has 3 rings (SSSR count). The zero-order valence-electron chi connectivity index (χ0n) is 11.6. The molecule has 5 heteroatoms. The quantitative estimate of drug-likeness (QED) is 0.914. The standard InChI is InChI=1S/C14H19N5/c1-10-8-12(16-11(2)14(3)6-7-14)4-5-13(10)19-9-15-17-18-19/h4-5,8-9,11,16H,6-7H2,1-3H3. The Balaban J connectivity index is 1.80. The fourth-order valence-electron chi connectivity index (χ4n) is 2.33. The Labute approximate surface area is 113 Å². The molecule has 5 nitrogen and oxygen atoms in total. The fourth-order valence-corrected chi connectivity index (χ4v) is 2.33. The molecule has 1 aliphatic carbocycles. The molecule has 100 valence electrons. The molecule has 0 spiro atoms. The average Bonchev–Trinajstić information content (AvgIpc) is 2.92. The van der Waals surface area contributed by atoms with Crippen LogP contribution >= 0.6 is 0 Å². The fraction of sp³-hybridized carbons (Fsp3) is 0.500. The van der Waals surface area contributed by atoms with Crippen molar-refractivity contribution in [2.45, 2.75) is 39.7 Å². The van der Waals surface area contributed by atoms with Gasteiger partial charge in [0, 0.05) is 11.7 Å². The summed E-state index contributed by atoms with van der Waals surface area (Å²) in [6.45, 7) is 6.68. The van der Waals surface area contributed by atoms with Crippen LogP contribution in [-0.2, 0) is 0 Å². The molecule has 1 unspecified atom stereocenters. The van der Waals surface area contributed by atoms with Crippen LogP contribution in [0.4, 0.5) is 5.69 Å². The molecule has 1 N–H and O–H groups in total. The Hall–Kier alpha value is -1.91. The first-order valence-electron chi connectivity index (χ1n) is 6.69. The number of aromatic nitrogens is 4. The Morgan fingerprint density at radius 2 is 2.16 bits per heavy atom. The lowest BCUT2D eigenvalue weighted by Gasteiger charge is -2.22. The third kappa shape index (κ3) is 2.32. The van der Waals surface area contributed by atoms with Gasteiger partial charge >= 0.3 is 0 Å². The summed E-state index contributed by atoms with van der Waals surface area (Å²) in [5.74, 6) is 0. The number of rotatable bonds is 4. The Morgan fingerprint density at radius 3 is 2.74 bits per heavy atom. The molecule has 0 saturated heterocycles. The monoisotopic (exact) mass is 257 g/mol. The lowest BCUT2D eigenvalue weighted by Crippen LogP contribution is -2.24. The maximum atomic E-state index is 3.92. The molecule has 1 aliphatic rings. The van der Waals surface area contributed by atoms with E-state index in [2.05, 4.69) is 59.8 Å². The number of tetrazole rings is 1. The summed E-state index contributed by atoms with van der Waals surface area (Å²) in [5, 5.41) is 14.9. The molecule has 0 amide bonds. The van der Waals surface area contributed by atoms with E-state index < -0.39 is 0 Å². The van der Waals surface area contributed by atoms with Crippen LogP contribution in [-0.4, -0.2) is 26.2 Å².